The highest BCUT2D eigenvalue weighted by Gasteiger charge is 2.15. The van der Waals surface area contributed by atoms with Crippen molar-refractivity contribution in [2.24, 2.45) is 0 Å². The molecule has 0 aliphatic rings. The summed E-state index contributed by atoms with van der Waals surface area (Å²) in [5.74, 6) is 0.304. The Bertz CT molecular complexity index is 610. The molecule has 0 radical (unpaired) electrons. The van der Waals surface area contributed by atoms with Crippen LogP contribution >= 0.6 is 23.2 Å². The first kappa shape index (κ1) is 19.5. The van der Waals surface area contributed by atoms with Gasteiger partial charge in [-0.05, 0) is 44.4 Å². The summed E-state index contributed by atoms with van der Waals surface area (Å²) in [6, 6.07) is 5.10. The highest BCUT2D eigenvalue weighted by Crippen LogP contribution is 2.22. The molecule has 6 heteroatoms. The summed E-state index contributed by atoms with van der Waals surface area (Å²) in [7, 11) is -2.97. The lowest BCUT2D eigenvalue weighted by atomic mass is 10.0. The molecule has 124 valence electrons. The van der Waals surface area contributed by atoms with Crippen LogP contribution in [-0.2, 0) is 21.1 Å². The van der Waals surface area contributed by atoms with Crippen molar-refractivity contribution < 1.29 is 13.2 Å². The minimum Gasteiger partial charge on any atom is -0.299 e. The van der Waals surface area contributed by atoms with E-state index in [1.54, 1.807) is 32.0 Å². The van der Waals surface area contributed by atoms with Gasteiger partial charge in [0.15, 0.2) is 9.84 Å². The van der Waals surface area contributed by atoms with Gasteiger partial charge in [-0.3, -0.25) is 4.79 Å². The fourth-order valence-corrected chi connectivity index (χ4v) is 3.56. The Morgan fingerprint density at radius 3 is 2.41 bits per heavy atom. The van der Waals surface area contributed by atoms with Crippen LogP contribution in [0.25, 0.3) is 0 Å². The fourth-order valence-electron chi connectivity index (χ4n) is 2.00. The first-order chi connectivity index (χ1) is 10.2. The molecule has 0 aromatic heterocycles. The summed E-state index contributed by atoms with van der Waals surface area (Å²) in [5.41, 5.74) is 0.776. The molecule has 3 nitrogen and oxygen atoms in total. The van der Waals surface area contributed by atoms with E-state index in [0.29, 0.717) is 35.7 Å². The van der Waals surface area contributed by atoms with Crippen LogP contribution in [0.3, 0.4) is 0 Å². The number of unbranched alkanes of at least 4 members (excludes halogenated alkanes) is 2. The minimum absolute atomic E-state index is 0.107. The number of hydrogen-bond donors (Lipinski definition) is 0. The van der Waals surface area contributed by atoms with Crippen molar-refractivity contribution in [1.29, 1.82) is 0 Å². The largest absolute Gasteiger partial charge is 0.299 e. The molecular weight excluding hydrogens is 343 g/mol. The Balaban J connectivity index is 2.30. The van der Waals surface area contributed by atoms with Gasteiger partial charge in [0.25, 0.3) is 0 Å². The number of ketones is 1. The van der Waals surface area contributed by atoms with E-state index in [9.17, 15) is 13.2 Å². The predicted octanol–water partition coefficient (Wildman–Crippen LogP) is 4.49. The first-order valence-electron chi connectivity index (χ1n) is 7.39. The molecule has 0 heterocycles. The van der Waals surface area contributed by atoms with E-state index < -0.39 is 9.84 Å². The van der Waals surface area contributed by atoms with Gasteiger partial charge in [0, 0.05) is 22.9 Å². The highest BCUT2D eigenvalue weighted by molar-refractivity contribution is 7.91. The van der Waals surface area contributed by atoms with Gasteiger partial charge in [-0.15, -0.1) is 0 Å². The molecule has 0 spiro atoms. The van der Waals surface area contributed by atoms with Crippen molar-refractivity contribution in [2.45, 2.75) is 51.2 Å². The van der Waals surface area contributed by atoms with Gasteiger partial charge in [0.2, 0.25) is 0 Å². The number of carbonyl (C=O) groups is 1. The molecule has 1 aromatic rings. The summed E-state index contributed by atoms with van der Waals surface area (Å²) in [6.45, 7) is 3.38. The molecule has 0 aliphatic carbocycles. The van der Waals surface area contributed by atoms with Crippen molar-refractivity contribution in [2.75, 3.05) is 5.75 Å². The summed E-state index contributed by atoms with van der Waals surface area (Å²) in [4.78, 5) is 11.9. The van der Waals surface area contributed by atoms with Crippen molar-refractivity contribution in [3.8, 4) is 0 Å². The zero-order valence-electron chi connectivity index (χ0n) is 12.9. The predicted molar refractivity (Wildman–Crippen MR) is 92.6 cm³/mol. The standard InChI is InChI=1S/C16H22Cl2O3S/c1-12(2)22(20,21)9-5-3-4-6-15(19)10-13-7-8-14(17)11-16(13)18/h7-8,11-12H,3-6,9-10H2,1-2H3. The van der Waals surface area contributed by atoms with Gasteiger partial charge >= 0.3 is 0 Å². The lowest BCUT2D eigenvalue weighted by Gasteiger charge is -2.07. The summed E-state index contributed by atoms with van der Waals surface area (Å²) in [5, 5.41) is 0.720. The Labute approximate surface area is 142 Å². The zero-order valence-corrected chi connectivity index (χ0v) is 15.3. The van der Waals surface area contributed by atoms with Crippen molar-refractivity contribution >= 4 is 38.8 Å². The molecule has 0 fully saturated rings. The van der Waals surface area contributed by atoms with Crippen LogP contribution < -0.4 is 0 Å². The van der Waals surface area contributed by atoms with E-state index in [1.165, 1.54) is 0 Å². The van der Waals surface area contributed by atoms with Gasteiger partial charge in [-0.1, -0.05) is 35.7 Å². The van der Waals surface area contributed by atoms with Crippen LogP contribution in [0, 0.1) is 0 Å². The maximum Gasteiger partial charge on any atom is 0.152 e. The monoisotopic (exact) mass is 364 g/mol. The molecule has 0 aliphatic heterocycles. The molecule has 0 unspecified atom stereocenters. The minimum atomic E-state index is -2.97. The van der Waals surface area contributed by atoms with E-state index in [1.807, 2.05) is 0 Å². The Kier molecular flexibility index (Phi) is 7.87. The molecule has 0 saturated carbocycles. The van der Waals surface area contributed by atoms with Gasteiger partial charge < -0.3 is 0 Å². The molecule has 0 bridgehead atoms. The van der Waals surface area contributed by atoms with Gasteiger partial charge in [-0.2, -0.15) is 0 Å². The second kappa shape index (κ2) is 8.90. The van der Waals surface area contributed by atoms with E-state index in [2.05, 4.69) is 0 Å². The fraction of sp³-hybridized carbons (Fsp3) is 0.562. The van der Waals surface area contributed by atoms with Gasteiger partial charge in [-0.25, -0.2) is 8.42 Å². The lowest BCUT2D eigenvalue weighted by molar-refractivity contribution is -0.118. The highest BCUT2D eigenvalue weighted by atomic mass is 35.5. The average Bonchev–Trinajstić information content (AvgIpc) is 2.41. The summed E-state index contributed by atoms with van der Waals surface area (Å²) in [6.07, 6.45) is 2.79. The molecule has 0 atom stereocenters. The van der Waals surface area contributed by atoms with Gasteiger partial charge in [0.05, 0.1) is 11.0 Å². The Morgan fingerprint density at radius 1 is 1.14 bits per heavy atom. The molecule has 0 amide bonds. The number of Topliss-reactive ketones (excluding diaryl/α,β-unsaturated/α-hetero) is 1. The summed E-state index contributed by atoms with van der Waals surface area (Å²) >= 11 is 11.8. The average molecular weight is 365 g/mol. The Morgan fingerprint density at radius 2 is 1.82 bits per heavy atom. The molecular formula is C16H22Cl2O3S. The molecule has 0 saturated heterocycles. The summed E-state index contributed by atoms with van der Waals surface area (Å²) < 4.78 is 23.3. The maximum absolute atomic E-state index is 11.9. The molecule has 22 heavy (non-hydrogen) atoms. The van der Waals surface area contributed by atoms with E-state index in [0.717, 1.165) is 12.0 Å². The number of rotatable bonds is 9. The van der Waals surface area contributed by atoms with Crippen LogP contribution in [-0.4, -0.2) is 25.2 Å². The van der Waals surface area contributed by atoms with E-state index >= 15 is 0 Å². The Hall–Kier alpha value is -0.580. The third-order valence-electron chi connectivity index (χ3n) is 3.51. The topological polar surface area (TPSA) is 51.2 Å². The van der Waals surface area contributed by atoms with Crippen LogP contribution in [0.15, 0.2) is 18.2 Å². The van der Waals surface area contributed by atoms with Crippen molar-refractivity contribution in [3.63, 3.8) is 0 Å². The van der Waals surface area contributed by atoms with Crippen LogP contribution in [0.4, 0.5) is 0 Å². The van der Waals surface area contributed by atoms with Crippen LogP contribution in [0.1, 0.15) is 45.1 Å². The van der Waals surface area contributed by atoms with Crippen molar-refractivity contribution in [1.82, 2.24) is 0 Å². The number of carbonyl (C=O) groups excluding carboxylic acids is 1. The molecule has 0 N–H and O–H groups in total. The lowest BCUT2D eigenvalue weighted by Crippen LogP contribution is -2.17. The van der Waals surface area contributed by atoms with E-state index in [-0.39, 0.29) is 16.8 Å². The number of hydrogen-bond acceptors (Lipinski definition) is 3. The van der Waals surface area contributed by atoms with E-state index in [4.69, 9.17) is 23.2 Å². The normalized spacial score (nSPS) is 11.9. The van der Waals surface area contributed by atoms with Gasteiger partial charge in [0.1, 0.15) is 5.78 Å². The van der Waals surface area contributed by atoms with Crippen molar-refractivity contribution in [3.05, 3.63) is 33.8 Å². The third-order valence-corrected chi connectivity index (χ3v) is 6.39. The zero-order chi connectivity index (χ0) is 16.8. The number of halogens is 2. The second-order valence-corrected chi connectivity index (χ2v) is 9.20. The smallest absolute Gasteiger partial charge is 0.152 e. The molecule has 1 rings (SSSR count). The molecule has 1 aromatic carbocycles. The second-order valence-electron chi connectivity index (χ2n) is 5.68. The van der Waals surface area contributed by atoms with Crippen LogP contribution in [0.2, 0.25) is 10.0 Å². The maximum atomic E-state index is 11.9. The SMILES string of the molecule is CC(C)S(=O)(=O)CCCCCC(=O)Cc1ccc(Cl)cc1Cl. The van der Waals surface area contributed by atoms with Crippen LogP contribution in [0.5, 0.6) is 0 Å². The number of sulfone groups is 1. The number of benzene rings is 1. The first-order valence-corrected chi connectivity index (χ1v) is 9.86. The third kappa shape index (κ3) is 6.67. The quantitative estimate of drug-likeness (QED) is 0.606.